The fourth-order valence-electron chi connectivity index (χ4n) is 3.90. The van der Waals surface area contributed by atoms with Gasteiger partial charge in [0.05, 0.1) is 12.5 Å². The largest absolute Gasteiger partial charge is 0.444 e. The summed E-state index contributed by atoms with van der Waals surface area (Å²) >= 11 is 0. The SMILES string of the molecule is CC(=O)C(=O)N(C[C@@H]1CCNC1=O)NC(=O)[C@H](CC1CC1)n1cccc(NC(=O)OC(C)(C)C)c1=O. The van der Waals surface area contributed by atoms with E-state index in [2.05, 4.69) is 16.1 Å². The van der Waals surface area contributed by atoms with Gasteiger partial charge < -0.3 is 14.6 Å². The molecule has 2 heterocycles. The Morgan fingerprint density at radius 2 is 1.89 bits per heavy atom. The number of carbonyl (C=O) groups excluding carboxylic acids is 5. The zero-order chi connectivity index (χ0) is 26.6. The highest BCUT2D eigenvalue weighted by Gasteiger charge is 2.35. The molecule has 2 aliphatic rings. The Morgan fingerprint density at radius 3 is 2.44 bits per heavy atom. The lowest BCUT2D eigenvalue weighted by Gasteiger charge is -2.27. The molecule has 2 fully saturated rings. The smallest absolute Gasteiger partial charge is 0.412 e. The predicted octanol–water partition coefficient (Wildman–Crippen LogP) is 1.12. The normalized spacial score (nSPS) is 18.1. The summed E-state index contributed by atoms with van der Waals surface area (Å²) in [4.78, 5) is 75.1. The second-order valence-corrected chi connectivity index (χ2v) is 10.2. The van der Waals surface area contributed by atoms with Gasteiger partial charge in [0.15, 0.2) is 0 Å². The maximum atomic E-state index is 13.4. The van der Waals surface area contributed by atoms with Crippen molar-refractivity contribution in [3.63, 3.8) is 0 Å². The Kier molecular flexibility index (Phi) is 8.16. The van der Waals surface area contributed by atoms with Crippen molar-refractivity contribution in [2.45, 2.75) is 65.0 Å². The van der Waals surface area contributed by atoms with Gasteiger partial charge in [-0.05, 0) is 51.7 Å². The highest BCUT2D eigenvalue weighted by Crippen LogP contribution is 2.36. The summed E-state index contributed by atoms with van der Waals surface area (Å²) in [5.74, 6) is -3.05. The number of pyridine rings is 1. The Bertz CT molecular complexity index is 1100. The second kappa shape index (κ2) is 10.9. The summed E-state index contributed by atoms with van der Waals surface area (Å²) in [7, 11) is 0. The van der Waals surface area contributed by atoms with Crippen molar-refractivity contribution in [2.24, 2.45) is 11.8 Å². The van der Waals surface area contributed by atoms with E-state index in [4.69, 9.17) is 4.74 Å². The summed E-state index contributed by atoms with van der Waals surface area (Å²) in [6, 6.07) is 1.91. The number of Topliss-reactive ketones (excluding diaryl/α,β-unsaturated/α-hetero) is 1. The number of carbonyl (C=O) groups is 5. The Hall–Kier alpha value is -3.70. The molecule has 1 saturated heterocycles. The topological polar surface area (TPSA) is 156 Å². The highest BCUT2D eigenvalue weighted by molar-refractivity contribution is 6.35. The predicted molar refractivity (Wildman–Crippen MR) is 129 cm³/mol. The van der Waals surface area contributed by atoms with Crippen molar-refractivity contribution in [3.8, 4) is 0 Å². The molecule has 0 bridgehead atoms. The molecule has 3 rings (SSSR count). The molecule has 196 valence electrons. The van der Waals surface area contributed by atoms with Crippen LogP contribution in [0.15, 0.2) is 23.1 Å². The van der Waals surface area contributed by atoms with E-state index in [9.17, 15) is 28.8 Å². The molecule has 1 aromatic heterocycles. The molecule has 1 aliphatic carbocycles. The van der Waals surface area contributed by atoms with Crippen LogP contribution in [0.3, 0.4) is 0 Å². The number of anilines is 1. The van der Waals surface area contributed by atoms with Crippen molar-refractivity contribution in [1.82, 2.24) is 20.3 Å². The summed E-state index contributed by atoms with van der Waals surface area (Å²) in [5, 5.41) is 5.93. The van der Waals surface area contributed by atoms with Crippen LogP contribution >= 0.6 is 0 Å². The van der Waals surface area contributed by atoms with E-state index in [-0.39, 0.29) is 24.1 Å². The number of hydrogen-bond acceptors (Lipinski definition) is 7. The third-order valence-corrected chi connectivity index (χ3v) is 5.86. The number of aromatic nitrogens is 1. The Balaban J connectivity index is 1.84. The van der Waals surface area contributed by atoms with Gasteiger partial charge in [-0.15, -0.1) is 0 Å². The minimum Gasteiger partial charge on any atom is -0.444 e. The van der Waals surface area contributed by atoms with Crippen LogP contribution < -0.4 is 21.6 Å². The van der Waals surface area contributed by atoms with Crippen molar-refractivity contribution < 1.29 is 28.7 Å². The first-order valence-corrected chi connectivity index (χ1v) is 12.0. The lowest BCUT2D eigenvalue weighted by Crippen LogP contribution is -2.53. The average Bonchev–Trinajstić information content (AvgIpc) is 3.51. The number of ketones is 1. The average molecular weight is 504 g/mol. The minimum absolute atomic E-state index is 0.0698. The third kappa shape index (κ3) is 7.15. The molecule has 12 heteroatoms. The summed E-state index contributed by atoms with van der Waals surface area (Å²) in [6.07, 6.45) is 3.19. The van der Waals surface area contributed by atoms with E-state index < -0.39 is 46.8 Å². The number of ether oxygens (including phenoxy) is 1. The molecule has 1 aromatic rings. The van der Waals surface area contributed by atoms with Gasteiger partial charge in [0, 0.05) is 19.7 Å². The van der Waals surface area contributed by atoms with E-state index in [0.29, 0.717) is 19.4 Å². The molecule has 0 aromatic carbocycles. The van der Waals surface area contributed by atoms with Crippen LogP contribution in [0.4, 0.5) is 10.5 Å². The van der Waals surface area contributed by atoms with E-state index >= 15 is 0 Å². The van der Waals surface area contributed by atoms with Crippen molar-refractivity contribution in [2.75, 3.05) is 18.4 Å². The van der Waals surface area contributed by atoms with Gasteiger partial charge in [-0.1, -0.05) is 12.8 Å². The molecule has 2 atom stereocenters. The summed E-state index contributed by atoms with van der Waals surface area (Å²) in [5.41, 5.74) is 1.01. The van der Waals surface area contributed by atoms with Crippen LogP contribution in [0, 0.1) is 11.8 Å². The van der Waals surface area contributed by atoms with Crippen LogP contribution in [0.25, 0.3) is 0 Å². The fourth-order valence-corrected chi connectivity index (χ4v) is 3.90. The molecule has 0 spiro atoms. The molecule has 1 aliphatic heterocycles. The van der Waals surface area contributed by atoms with Gasteiger partial charge in [0.1, 0.15) is 17.3 Å². The maximum absolute atomic E-state index is 13.4. The zero-order valence-corrected chi connectivity index (χ0v) is 21.0. The maximum Gasteiger partial charge on any atom is 0.412 e. The zero-order valence-electron chi connectivity index (χ0n) is 21.0. The molecule has 1 saturated carbocycles. The Morgan fingerprint density at radius 1 is 1.19 bits per heavy atom. The lowest BCUT2D eigenvalue weighted by molar-refractivity contribution is -0.150. The van der Waals surface area contributed by atoms with Gasteiger partial charge >= 0.3 is 12.0 Å². The number of hydrogen-bond donors (Lipinski definition) is 3. The molecular weight excluding hydrogens is 470 g/mol. The fraction of sp³-hybridized carbons (Fsp3) is 0.583. The molecule has 4 amide bonds. The molecular formula is C24H33N5O7. The van der Waals surface area contributed by atoms with Crippen molar-refractivity contribution in [3.05, 3.63) is 28.7 Å². The van der Waals surface area contributed by atoms with E-state index in [1.54, 1.807) is 20.8 Å². The molecule has 0 radical (unpaired) electrons. The van der Waals surface area contributed by atoms with Crippen LogP contribution in [0.2, 0.25) is 0 Å². The van der Waals surface area contributed by atoms with E-state index in [0.717, 1.165) is 24.8 Å². The number of hydrazine groups is 1. The molecule has 12 nitrogen and oxygen atoms in total. The van der Waals surface area contributed by atoms with Crippen molar-refractivity contribution in [1.29, 1.82) is 0 Å². The van der Waals surface area contributed by atoms with Crippen molar-refractivity contribution >= 4 is 35.3 Å². The number of nitrogens with one attached hydrogen (secondary N) is 3. The standard InChI is InChI=1S/C24H33N5O7/c1-14(30)21(33)29(13-16-9-10-25-19(16)31)27-20(32)18(12-15-7-8-15)28-11-5-6-17(22(28)34)26-23(35)36-24(2,3)4/h5-6,11,15-16,18H,7-10,12-13H2,1-4H3,(H,25,31)(H,26,35)(H,27,32)/t16-,18-/m0/s1. The first-order chi connectivity index (χ1) is 16.9. The van der Waals surface area contributed by atoms with E-state index in [1.807, 2.05) is 0 Å². The Labute approximate surface area is 208 Å². The van der Waals surface area contributed by atoms with Crippen LogP contribution in [-0.2, 0) is 23.9 Å². The molecule has 36 heavy (non-hydrogen) atoms. The van der Waals surface area contributed by atoms with Gasteiger partial charge in [-0.2, -0.15) is 0 Å². The number of nitrogens with zero attached hydrogens (tertiary/aromatic N) is 2. The number of amides is 4. The quantitative estimate of drug-likeness (QED) is 0.354. The van der Waals surface area contributed by atoms with Gasteiger partial charge in [-0.3, -0.25) is 34.7 Å². The first kappa shape index (κ1) is 26.9. The van der Waals surface area contributed by atoms with Gasteiger partial charge in [0.25, 0.3) is 11.5 Å². The monoisotopic (exact) mass is 503 g/mol. The van der Waals surface area contributed by atoms with Gasteiger partial charge in [-0.25, -0.2) is 9.80 Å². The lowest BCUT2D eigenvalue weighted by atomic mass is 10.1. The summed E-state index contributed by atoms with van der Waals surface area (Å²) in [6.45, 7) is 6.42. The summed E-state index contributed by atoms with van der Waals surface area (Å²) < 4.78 is 6.40. The molecule has 3 N–H and O–H groups in total. The third-order valence-electron chi connectivity index (χ3n) is 5.86. The molecule has 0 unspecified atom stereocenters. The minimum atomic E-state index is -1.01. The number of rotatable bonds is 8. The second-order valence-electron chi connectivity index (χ2n) is 10.2. The highest BCUT2D eigenvalue weighted by atomic mass is 16.6. The van der Waals surface area contributed by atoms with Crippen LogP contribution in [-0.4, -0.2) is 57.9 Å². The van der Waals surface area contributed by atoms with E-state index in [1.165, 1.54) is 22.9 Å². The first-order valence-electron chi connectivity index (χ1n) is 12.0. The van der Waals surface area contributed by atoms with Crippen LogP contribution in [0.1, 0.15) is 59.4 Å². The van der Waals surface area contributed by atoms with Gasteiger partial charge in [0.2, 0.25) is 11.7 Å². The van der Waals surface area contributed by atoms with Crippen LogP contribution in [0.5, 0.6) is 0 Å².